The number of rotatable bonds is 7. The molecule has 0 saturated carbocycles. The van der Waals surface area contributed by atoms with Gasteiger partial charge in [-0.2, -0.15) is 0 Å². The number of nitrogens with one attached hydrogen (secondary N) is 2. The average molecular weight is 396 g/mol. The van der Waals surface area contributed by atoms with Crippen molar-refractivity contribution in [1.82, 2.24) is 5.32 Å². The van der Waals surface area contributed by atoms with E-state index in [1.807, 2.05) is 29.2 Å². The molecule has 0 aliphatic carbocycles. The fraction of sp³-hybridized carbons (Fsp3) is 0.391. The lowest BCUT2D eigenvalue weighted by Crippen LogP contribution is -2.29. The Morgan fingerprint density at radius 1 is 1.18 bits per heavy atom. The van der Waals surface area contributed by atoms with Gasteiger partial charge in [0, 0.05) is 30.9 Å². The van der Waals surface area contributed by atoms with Crippen LogP contribution in [0.1, 0.15) is 50.2 Å². The molecule has 1 amide bonds. The molecule has 1 aliphatic rings. The van der Waals surface area contributed by atoms with E-state index in [0.717, 1.165) is 43.7 Å². The molecule has 2 aromatic carbocycles. The Balaban J connectivity index is 1.42. The number of carbonyl (C=O) groups excluding carboxylic acids is 1. The molecule has 0 spiro atoms. The molecular weight excluding hydrogens is 366 g/mol. The summed E-state index contributed by atoms with van der Waals surface area (Å²) in [5, 5.41) is 7.10. The van der Waals surface area contributed by atoms with E-state index in [1.165, 1.54) is 11.1 Å². The van der Waals surface area contributed by atoms with Gasteiger partial charge in [0.25, 0.3) is 0 Å². The number of hydrogen-bond donors (Lipinski definition) is 2. The first-order valence-electron chi connectivity index (χ1n) is 10.1. The van der Waals surface area contributed by atoms with Gasteiger partial charge in [0.1, 0.15) is 0 Å². The van der Waals surface area contributed by atoms with Gasteiger partial charge in [-0.05, 0) is 66.7 Å². The van der Waals surface area contributed by atoms with Crippen LogP contribution in [-0.2, 0) is 11.2 Å². The fourth-order valence-corrected chi connectivity index (χ4v) is 3.63. The molecule has 3 rings (SSSR count). The maximum Gasteiger partial charge on any atom is 0.227 e. The molecule has 5 heteroatoms. The van der Waals surface area contributed by atoms with Crippen LogP contribution < -0.4 is 15.5 Å². The highest BCUT2D eigenvalue weighted by Gasteiger charge is 2.21. The summed E-state index contributed by atoms with van der Waals surface area (Å²) in [5.41, 5.74) is 4.57. The molecule has 2 aromatic rings. The van der Waals surface area contributed by atoms with Crippen molar-refractivity contribution in [1.29, 1.82) is 0 Å². The van der Waals surface area contributed by atoms with Crippen LogP contribution in [0.15, 0.2) is 48.5 Å². The lowest BCUT2D eigenvalue weighted by molar-refractivity contribution is -0.117. The third-order valence-corrected chi connectivity index (χ3v) is 5.31. The monoisotopic (exact) mass is 395 g/mol. The number of carbonyl (C=O) groups is 1. The summed E-state index contributed by atoms with van der Waals surface area (Å²) in [7, 11) is 0. The van der Waals surface area contributed by atoms with E-state index in [2.05, 4.69) is 48.7 Å². The largest absolute Gasteiger partial charge is 0.362 e. The summed E-state index contributed by atoms with van der Waals surface area (Å²) in [4.78, 5) is 13.8. The van der Waals surface area contributed by atoms with Crippen LogP contribution in [0.4, 0.5) is 11.4 Å². The van der Waals surface area contributed by atoms with E-state index in [1.54, 1.807) is 0 Å². The van der Waals surface area contributed by atoms with Crippen molar-refractivity contribution in [2.24, 2.45) is 0 Å². The van der Waals surface area contributed by atoms with Crippen molar-refractivity contribution in [3.8, 4) is 0 Å². The van der Waals surface area contributed by atoms with Crippen LogP contribution in [0.5, 0.6) is 0 Å². The Kier molecular flexibility index (Phi) is 7.04. The number of nitrogens with zero attached hydrogens (tertiary/aromatic N) is 1. The predicted octanol–water partition coefficient (Wildman–Crippen LogP) is 4.86. The summed E-state index contributed by atoms with van der Waals surface area (Å²) in [5.74, 6) is 0.764. The molecule has 0 bridgehead atoms. The molecular formula is C23H29N3OS. The number of thiocarbonyl (C=S) groups is 1. The van der Waals surface area contributed by atoms with Crippen molar-refractivity contribution in [3.05, 3.63) is 59.7 Å². The van der Waals surface area contributed by atoms with Gasteiger partial charge in [0.05, 0.1) is 0 Å². The van der Waals surface area contributed by atoms with Crippen LogP contribution in [-0.4, -0.2) is 24.1 Å². The van der Waals surface area contributed by atoms with Crippen molar-refractivity contribution >= 4 is 34.6 Å². The fourth-order valence-electron chi connectivity index (χ4n) is 3.41. The van der Waals surface area contributed by atoms with Crippen LogP contribution >= 0.6 is 12.2 Å². The van der Waals surface area contributed by atoms with Gasteiger partial charge in [0.15, 0.2) is 5.11 Å². The number of amides is 1. The van der Waals surface area contributed by atoms with Gasteiger partial charge in [0.2, 0.25) is 5.91 Å². The Bertz CT molecular complexity index is 817. The number of hydrogen-bond acceptors (Lipinski definition) is 2. The molecule has 0 aromatic heterocycles. The van der Waals surface area contributed by atoms with Gasteiger partial charge in [-0.25, -0.2) is 0 Å². The summed E-state index contributed by atoms with van der Waals surface area (Å²) >= 11 is 5.41. The maximum absolute atomic E-state index is 11.9. The number of anilines is 2. The lowest BCUT2D eigenvalue weighted by Gasteiger charge is -2.17. The van der Waals surface area contributed by atoms with Crippen molar-refractivity contribution in [2.75, 3.05) is 23.3 Å². The van der Waals surface area contributed by atoms with Crippen LogP contribution in [0.25, 0.3) is 0 Å². The summed E-state index contributed by atoms with van der Waals surface area (Å²) < 4.78 is 0. The number of benzene rings is 2. The topological polar surface area (TPSA) is 44.4 Å². The van der Waals surface area contributed by atoms with Crippen molar-refractivity contribution < 1.29 is 4.79 Å². The Morgan fingerprint density at radius 3 is 2.64 bits per heavy atom. The molecule has 1 heterocycles. The van der Waals surface area contributed by atoms with Gasteiger partial charge < -0.3 is 15.5 Å². The average Bonchev–Trinajstić information content (AvgIpc) is 3.12. The molecule has 28 heavy (non-hydrogen) atoms. The summed E-state index contributed by atoms with van der Waals surface area (Å²) in [6, 6.07) is 16.7. The first kappa shape index (κ1) is 20.3. The second kappa shape index (κ2) is 9.69. The van der Waals surface area contributed by atoms with Gasteiger partial charge in [-0.15, -0.1) is 0 Å². The third-order valence-electron chi connectivity index (χ3n) is 5.06. The molecule has 148 valence electrons. The minimum atomic E-state index is 0.194. The van der Waals surface area contributed by atoms with Crippen LogP contribution in [0.3, 0.4) is 0 Å². The van der Waals surface area contributed by atoms with Crippen LogP contribution in [0.2, 0.25) is 0 Å². The zero-order valence-electron chi connectivity index (χ0n) is 16.7. The van der Waals surface area contributed by atoms with E-state index < -0.39 is 0 Å². The minimum absolute atomic E-state index is 0.194. The first-order chi connectivity index (χ1) is 13.5. The zero-order chi connectivity index (χ0) is 19.9. The SMILES string of the molecule is CC(C)c1ccc(CCCNC(=S)Nc2cccc(N3CCCC3=O)c2)cc1. The van der Waals surface area contributed by atoms with Gasteiger partial charge >= 0.3 is 0 Å². The van der Waals surface area contributed by atoms with Gasteiger partial charge in [-0.1, -0.05) is 44.2 Å². The molecule has 1 aliphatic heterocycles. The zero-order valence-corrected chi connectivity index (χ0v) is 17.5. The van der Waals surface area contributed by atoms with E-state index in [0.29, 0.717) is 17.5 Å². The predicted molar refractivity (Wildman–Crippen MR) is 121 cm³/mol. The van der Waals surface area contributed by atoms with Crippen LogP contribution in [0, 0.1) is 0 Å². The second-order valence-corrected chi connectivity index (χ2v) is 7.99. The van der Waals surface area contributed by atoms with E-state index in [4.69, 9.17) is 12.2 Å². The van der Waals surface area contributed by atoms with E-state index in [-0.39, 0.29) is 5.91 Å². The molecule has 4 nitrogen and oxygen atoms in total. The summed E-state index contributed by atoms with van der Waals surface area (Å²) in [6.45, 7) is 6.04. The Hall–Kier alpha value is -2.40. The van der Waals surface area contributed by atoms with Crippen molar-refractivity contribution in [3.63, 3.8) is 0 Å². The molecule has 1 fully saturated rings. The molecule has 0 atom stereocenters. The van der Waals surface area contributed by atoms with Crippen molar-refractivity contribution in [2.45, 2.75) is 45.4 Å². The summed E-state index contributed by atoms with van der Waals surface area (Å²) in [6.07, 6.45) is 3.61. The normalized spacial score (nSPS) is 13.8. The Morgan fingerprint density at radius 2 is 1.96 bits per heavy atom. The third kappa shape index (κ3) is 5.55. The van der Waals surface area contributed by atoms with E-state index >= 15 is 0 Å². The smallest absolute Gasteiger partial charge is 0.227 e. The highest BCUT2D eigenvalue weighted by Crippen LogP contribution is 2.24. The number of aryl methyl sites for hydroxylation is 1. The molecule has 1 saturated heterocycles. The first-order valence-corrected chi connectivity index (χ1v) is 10.5. The second-order valence-electron chi connectivity index (χ2n) is 7.58. The van der Waals surface area contributed by atoms with E-state index in [9.17, 15) is 4.79 Å². The molecule has 0 radical (unpaired) electrons. The highest BCUT2D eigenvalue weighted by atomic mass is 32.1. The minimum Gasteiger partial charge on any atom is -0.362 e. The van der Waals surface area contributed by atoms with Gasteiger partial charge in [-0.3, -0.25) is 4.79 Å². The molecule has 2 N–H and O–H groups in total. The lowest BCUT2D eigenvalue weighted by atomic mass is 10.0. The Labute approximate surface area is 173 Å². The quantitative estimate of drug-likeness (QED) is 0.519. The molecule has 0 unspecified atom stereocenters. The highest BCUT2D eigenvalue weighted by molar-refractivity contribution is 7.80. The maximum atomic E-state index is 11.9. The standard InChI is InChI=1S/C23H29N3OS/c1-17(2)19-12-10-18(11-13-19)6-4-14-24-23(28)25-20-7-3-8-21(16-20)26-15-5-9-22(26)27/h3,7-8,10-13,16-17H,4-6,9,14-15H2,1-2H3,(H2,24,25,28).